The summed E-state index contributed by atoms with van der Waals surface area (Å²) in [7, 11) is -1.28. The minimum atomic E-state index is -1.28. The van der Waals surface area contributed by atoms with E-state index in [9.17, 15) is 5.11 Å². The normalized spacial score (nSPS) is 13.6. The second kappa shape index (κ2) is 7.19. The Labute approximate surface area is 101 Å². The third-order valence-corrected chi connectivity index (χ3v) is 11.3. The van der Waals surface area contributed by atoms with Crippen LogP contribution in [-0.4, -0.2) is 34.9 Å². The number of hydrogen-bond acceptors (Lipinski definition) is 1. The van der Waals surface area contributed by atoms with Gasteiger partial charge in [-0.1, -0.05) is 0 Å². The van der Waals surface area contributed by atoms with E-state index in [2.05, 4.69) is 41.5 Å². The van der Waals surface area contributed by atoms with E-state index in [0.717, 1.165) is 23.1 Å². The van der Waals surface area contributed by atoms with E-state index in [1.165, 1.54) is 0 Å². The molecule has 0 heterocycles. The molecule has 0 aliphatic rings. The SMILES string of the molecule is Br.CC(C)[PH](CCO)(C(C)C)C(C)C. The summed E-state index contributed by atoms with van der Waals surface area (Å²) >= 11 is 0. The van der Waals surface area contributed by atoms with Gasteiger partial charge in [-0.15, -0.1) is 17.0 Å². The predicted octanol–water partition coefficient (Wildman–Crippen LogP) is 3.53. The maximum absolute atomic E-state index is 9.18. The first kappa shape index (κ1) is 17.3. The summed E-state index contributed by atoms with van der Waals surface area (Å²) in [5.74, 6) is 0. The van der Waals surface area contributed by atoms with Crippen LogP contribution in [0.5, 0.6) is 0 Å². The van der Waals surface area contributed by atoms with Crippen molar-refractivity contribution >= 4 is 24.2 Å². The Morgan fingerprint density at radius 2 is 1.14 bits per heavy atom. The van der Waals surface area contributed by atoms with Crippen molar-refractivity contribution in [3.63, 3.8) is 0 Å². The summed E-state index contributed by atoms with van der Waals surface area (Å²) < 4.78 is 0. The molecule has 0 aliphatic carbocycles. The molecule has 0 bridgehead atoms. The summed E-state index contributed by atoms with van der Waals surface area (Å²) in [6, 6.07) is 0. The average Bonchev–Trinajstić information content (AvgIpc) is 1.97. The molecule has 0 spiro atoms. The van der Waals surface area contributed by atoms with E-state index < -0.39 is 7.26 Å². The summed E-state index contributed by atoms with van der Waals surface area (Å²) in [5, 5.41) is 9.18. The molecule has 0 radical (unpaired) electrons. The molecule has 0 aromatic rings. The zero-order valence-corrected chi connectivity index (χ0v) is 13.2. The Kier molecular flexibility index (Phi) is 8.87. The molecule has 0 aromatic heterocycles. The van der Waals surface area contributed by atoms with Crippen molar-refractivity contribution in [3.05, 3.63) is 0 Å². The van der Waals surface area contributed by atoms with Gasteiger partial charge in [0.2, 0.25) is 0 Å². The summed E-state index contributed by atoms with van der Waals surface area (Å²) in [4.78, 5) is 0. The molecule has 90 valence electrons. The molecule has 0 aromatic carbocycles. The van der Waals surface area contributed by atoms with Crippen molar-refractivity contribution in [2.45, 2.75) is 58.5 Å². The third-order valence-electron chi connectivity index (χ3n) is 3.77. The molecule has 0 rings (SSSR count). The van der Waals surface area contributed by atoms with Crippen LogP contribution in [0.1, 0.15) is 41.5 Å². The quantitative estimate of drug-likeness (QED) is 0.767. The molecule has 0 aliphatic heterocycles. The van der Waals surface area contributed by atoms with Gasteiger partial charge in [-0.2, -0.15) is 0 Å². The zero-order chi connectivity index (χ0) is 10.6. The fourth-order valence-electron chi connectivity index (χ4n) is 3.06. The molecule has 3 heteroatoms. The van der Waals surface area contributed by atoms with Gasteiger partial charge < -0.3 is 0 Å². The topological polar surface area (TPSA) is 20.2 Å². The van der Waals surface area contributed by atoms with Crippen molar-refractivity contribution < 1.29 is 5.11 Å². The molecule has 0 saturated heterocycles. The predicted molar refractivity (Wildman–Crippen MR) is 76.0 cm³/mol. The van der Waals surface area contributed by atoms with Crippen molar-refractivity contribution in [3.8, 4) is 0 Å². The summed E-state index contributed by atoms with van der Waals surface area (Å²) in [6.07, 6.45) is 1.07. The first-order valence-corrected chi connectivity index (χ1v) is 7.94. The van der Waals surface area contributed by atoms with Crippen LogP contribution in [0.3, 0.4) is 0 Å². The van der Waals surface area contributed by atoms with Gasteiger partial charge in [0.1, 0.15) is 0 Å². The van der Waals surface area contributed by atoms with E-state index in [0.29, 0.717) is 6.61 Å². The van der Waals surface area contributed by atoms with Crippen LogP contribution in [-0.2, 0) is 0 Å². The zero-order valence-electron chi connectivity index (χ0n) is 10.5. The molecular weight excluding hydrogens is 259 g/mol. The minimum absolute atomic E-state index is 0. The Bertz CT molecular complexity index is 124. The molecule has 1 nitrogen and oxygen atoms in total. The van der Waals surface area contributed by atoms with Crippen LogP contribution in [0.15, 0.2) is 0 Å². The number of aliphatic hydroxyl groups excluding tert-OH is 1. The van der Waals surface area contributed by atoms with Gasteiger partial charge in [0.05, 0.1) is 0 Å². The van der Waals surface area contributed by atoms with Crippen LogP contribution >= 0.6 is 24.2 Å². The number of aliphatic hydroxyl groups is 1. The van der Waals surface area contributed by atoms with E-state index in [1.54, 1.807) is 0 Å². The molecule has 1 N–H and O–H groups in total. The Morgan fingerprint density at radius 3 is 1.21 bits per heavy atom. The first-order valence-electron chi connectivity index (χ1n) is 5.50. The second-order valence-corrected chi connectivity index (χ2v) is 11.2. The van der Waals surface area contributed by atoms with Crippen molar-refractivity contribution in [1.29, 1.82) is 0 Å². The van der Waals surface area contributed by atoms with E-state index in [-0.39, 0.29) is 17.0 Å². The van der Waals surface area contributed by atoms with Gasteiger partial charge in [-0.05, 0) is 0 Å². The second-order valence-electron chi connectivity index (χ2n) is 5.05. The van der Waals surface area contributed by atoms with Crippen LogP contribution in [0, 0.1) is 0 Å². The molecule has 14 heavy (non-hydrogen) atoms. The van der Waals surface area contributed by atoms with Crippen LogP contribution < -0.4 is 0 Å². The van der Waals surface area contributed by atoms with Crippen LogP contribution in [0.25, 0.3) is 0 Å². The molecule has 0 fully saturated rings. The summed E-state index contributed by atoms with van der Waals surface area (Å²) in [6.45, 7) is 14.4. The van der Waals surface area contributed by atoms with E-state index in [4.69, 9.17) is 0 Å². The van der Waals surface area contributed by atoms with Gasteiger partial charge in [-0.25, -0.2) is 0 Å². The van der Waals surface area contributed by atoms with Gasteiger partial charge in [-0.3, -0.25) is 0 Å². The van der Waals surface area contributed by atoms with E-state index >= 15 is 0 Å². The molecule has 0 amide bonds. The van der Waals surface area contributed by atoms with Crippen molar-refractivity contribution in [2.24, 2.45) is 0 Å². The fourth-order valence-corrected chi connectivity index (χ4v) is 9.18. The van der Waals surface area contributed by atoms with Crippen LogP contribution in [0.2, 0.25) is 0 Å². The number of halogens is 1. The molecule has 0 atom stereocenters. The van der Waals surface area contributed by atoms with Gasteiger partial charge >= 0.3 is 83.7 Å². The van der Waals surface area contributed by atoms with Crippen molar-refractivity contribution in [2.75, 3.05) is 12.8 Å². The standard InChI is InChI=1S/C11H27OP.BrH/c1-9(2)13(8-7-12,10(3)4)11(5)6;/h9-13H,7-8H2,1-6H3;1H. The average molecular weight is 287 g/mol. The fraction of sp³-hybridized carbons (Fsp3) is 1.00. The van der Waals surface area contributed by atoms with Gasteiger partial charge in [0.15, 0.2) is 0 Å². The molecule has 0 unspecified atom stereocenters. The number of rotatable bonds is 5. The Balaban J connectivity index is 0. The Morgan fingerprint density at radius 1 is 0.857 bits per heavy atom. The number of hydrogen-bond donors (Lipinski definition) is 1. The molecular formula is C11H28BrOP. The van der Waals surface area contributed by atoms with Gasteiger partial charge in [0, 0.05) is 0 Å². The van der Waals surface area contributed by atoms with Crippen LogP contribution in [0.4, 0.5) is 0 Å². The van der Waals surface area contributed by atoms with Crippen molar-refractivity contribution in [1.82, 2.24) is 0 Å². The maximum atomic E-state index is 9.18. The summed E-state index contributed by atoms with van der Waals surface area (Å²) in [5.41, 5.74) is 2.33. The van der Waals surface area contributed by atoms with E-state index in [1.807, 2.05) is 0 Å². The molecule has 0 saturated carbocycles. The monoisotopic (exact) mass is 286 g/mol. The Hall–Kier alpha value is 0.870. The first-order chi connectivity index (χ1) is 5.89. The third kappa shape index (κ3) is 3.47. The van der Waals surface area contributed by atoms with Gasteiger partial charge in [0.25, 0.3) is 0 Å².